The number of hydrogen-bond donors (Lipinski definition) is 1. The van der Waals surface area contributed by atoms with Gasteiger partial charge in [0.1, 0.15) is 0 Å². The van der Waals surface area contributed by atoms with E-state index in [1.54, 1.807) is 0 Å². The zero-order valence-corrected chi connectivity index (χ0v) is 20.3. The van der Waals surface area contributed by atoms with Crippen molar-refractivity contribution >= 4 is 22.3 Å². The second kappa shape index (κ2) is 9.16. The molecular formula is C28H36N6. The maximum Gasteiger partial charge on any atom is 0.156 e. The van der Waals surface area contributed by atoms with E-state index in [0.717, 1.165) is 49.1 Å². The molecule has 0 aliphatic carbocycles. The molecule has 3 aliphatic heterocycles. The van der Waals surface area contributed by atoms with Crippen LogP contribution in [0, 0.1) is 5.41 Å². The van der Waals surface area contributed by atoms with Gasteiger partial charge in [-0.2, -0.15) is 5.10 Å². The van der Waals surface area contributed by atoms with Crippen LogP contribution in [0.1, 0.15) is 31.2 Å². The smallest absolute Gasteiger partial charge is 0.156 e. The highest BCUT2D eigenvalue weighted by Crippen LogP contribution is 2.40. The SMILES string of the molecule is CN1CCC2(CCN(c3ccc(CN4CCC(Nc5nncc6ccccc56)CC4)cc3)C2)C1. The first-order valence-corrected chi connectivity index (χ1v) is 12.9. The number of rotatable bonds is 5. The molecule has 3 aliphatic rings. The Labute approximate surface area is 202 Å². The fourth-order valence-corrected chi connectivity index (χ4v) is 6.28. The minimum Gasteiger partial charge on any atom is -0.371 e. The van der Waals surface area contributed by atoms with Crippen molar-refractivity contribution in [2.75, 3.05) is 56.5 Å². The van der Waals surface area contributed by atoms with Crippen LogP contribution in [0.4, 0.5) is 11.5 Å². The van der Waals surface area contributed by atoms with Crippen molar-refractivity contribution in [1.29, 1.82) is 0 Å². The van der Waals surface area contributed by atoms with Crippen molar-refractivity contribution < 1.29 is 0 Å². The number of piperidine rings is 1. The fourth-order valence-electron chi connectivity index (χ4n) is 6.28. The Morgan fingerprint density at radius 2 is 1.74 bits per heavy atom. The number of nitrogens with one attached hydrogen (secondary N) is 1. The molecule has 1 N–H and O–H groups in total. The normalized spacial score (nSPS) is 24.4. The van der Waals surface area contributed by atoms with Gasteiger partial charge in [0.15, 0.2) is 5.82 Å². The monoisotopic (exact) mass is 456 g/mol. The summed E-state index contributed by atoms with van der Waals surface area (Å²) in [7, 11) is 2.27. The van der Waals surface area contributed by atoms with Crippen LogP contribution < -0.4 is 10.2 Å². The van der Waals surface area contributed by atoms with Crippen molar-refractivity contribution in [2.24, 2.45) is 5.41 Å². The molecule has 0 radical (unpaired) electrons. The second-order valence-corrected chi connectivity index (χ2v) is 10.8. The highest BCUT2D eigenvalue weighted by molar-refractivity contribution is 5.90. The van der Waals surface area contributed by atoms with Crippen LogP contribution in [0.15, 0.2) is 54.7 Å². The van der Waals surface area contributed by atoms with Crippen LogP contribution in [0.3, 0.4) is 0 Å². The summed E-state index contributed by atoms with van der Waals surface area (Å²) >= 11 is 0. The highest BCUT2D eigenvalue weighted by Gasteiger charge is 2.42. The van der Waals surface area contributed by atoms with Crippen LogP contribution in [0.2, 0.25) is 0 Å². The highest BCUT2D eigenvalue weighted by atomic mass is 15.2. The summed E-state index contributed by atoms with van der Waals surface area (Å²) in [6, 6.07) is 18.2. The first-order chi connectivity index (χ1) is 16.7. The molecule has 3 saturated heterocycles. The van der Waals surface area contributed by atoms with Crippen molar-refractivity contribution in [2.45, 2.75) is 38.3 Å². The summed E-state index contributed by atoms with van der Waals surface area (Å²) in [5.74, 6) is 0.917. The Kier molecular flexibility index (Phi) is 5.87. The summed E-state index contributed by atoms with van der Waals surface area (Å²) in [6.07, 6.45) is 6.80. The van der Waals surface area contributed by atoms with E-state index in [4.69, 9.17) is 0 Å². The van der Waals surface area contributed by atoms with Gasteiger partial charge < -0.3 is 15.1 Å². The Bertz CT molecular complexity index is 1120. The van der Waals surface area contributed by atoms with Crippen molar-refractivity contribution in [3.05, 3.63) is 60.3 Å². The molecule has 34 heavy (non-hydrogen) atoms. The molecule has 6 heteroatoms. The van der Waals surface area contributed by atoms with Gasteiger partial charge in [0.05, 0.1) is 6.20 Å². The van der Waals surface area contributed by atoms with Gasteiger partial charge in [0.2, 0.25) is 0 Å². The van der Waals surface area contributed by atoms with Crippen molar-refractivity contribution in [1.82, 2.24) is 20.0 Å². The zero-order chi connectivity index (χ0) is 23.0. The summed E-state index contributed by atoms with van der Waals surface area (Å²) < 4.78 is 0. The molecular weight excluding hydrogens is 420 g/mol. The maximum absolute atomic E-state index is 4.37. The molecule has 6 rings (SSSR count). The molecule has 1 unspecified atom stereocenters. The van der Waals surface area contributed by atoms with E-state index in [1.807, 2.05) is 6.20 Å². The van der Waals surface area contributed by atoms with E-state index >= 15 is 0 Å². The minimum absolute atomic E-state index is 0.454. The maximum atomic E-state index is 4.37. The van der Waals surface area contributed by atoms with Crippen LogP contribution in [0.25, 0.3) is 10.8 Å². The summed E-state index contributed by atoms with van der Waals surface area (Å²) in [4.78, 5) is 7.69. The largest absolute Gasteiger partial charge is 0.371 e. The number of fused-ring (bicyclic) bond motifs is 1. The minimum atomic E-state index is 0.454. The second-order valence-electron chi connectivity index (χ2n) is 10.8. The Morgan fingerprint density at radius 3 is 2.53 bits per heavy atom. The van der Waals surface area contributed by atoms with Gasteiger partial charge in [-0.3, -0.25) is 4.90 Å². The van der Waals surface area contributed by atoms with Gasteiger partial charge in [-0.25, -0.2) is 0 Å². The third-order valence-electron chi connectivity index (χ3n) is 8.27. The lowest BCUT2D eigenvalue weighted by molar-refractivity contribution is 0.211. The Morgan fingerprint density at radius 1 is 0.941 bits per heavy atom. The van der Waals surface area contributed by atoms with Crippen LogP contribution >= 0.6 is 0 Å². The molecule has 2 aromatic carbocycles. The summed E-state index contributed by atoms with van der Waals surface area (Å²) in [6.45, 7) is 8.20. The van der Waals surface area contributed by atoms with Crippen molar-refractivity contribution in [3.63, 3.8) is 0 Å². The molecule has 1 atom stereocenters. The molecule has 0 bridgehead atoms. The molecule has 178 valence electrons. The first kappa shape index (κ1) is 21.8. The first-order valence-electron chi connectivity index (χ1n) is 12.9. The van der Waals surface area contributed by atoms with E-state index in [1.165, 1.54) is 50.3 Å². The molecule has 0 saturated carbocycles. The Hall–Kier alpha value is -2.70. The Balaban J connectivity index is 1.01. The fraction of sp³-hybridized carbons (Fsp3) is 0.500. The third-order valence-corrected chi connectivity index (χ3v) is 8.27. The zero-order valence-electron chi connectivity index (χ0n) is 20.3. The van der Waals surface area contributed by atoms with E-state index in [2.05, 4.69) is 85.8 Å². The molecule has 4 heterocycles. The average molecular weight is 457 g/mol. The topological polar surface area (TPSA) is 47.5 Å². The number of nitrogens with zero attached hydrogens (tertiary/aromatic N) is 5. The lowest BCUT2D eigenvalue weighted by Gasteiger charge is -2.32. The van der Waals surface area contributed by atoms with Gasteiger partial charge in [-0.05, 0) is 57.0 Å². The number of hydrogen-bond acceptors (Lipinski definition) is 6. The summed E-state index contributed by atoms with van der Waals surface area (Å²) in [5, 5.41) is 14.5. The molecule has 1 aromatic heterocycles. The van der Waals surface area contributed by atoms with Gasteiger partial charge in [0.25, 0.3) is 0 Å². The predicted octanol–water partition coefficient (Wildman–Crippen LogP) is 4.24. The number of anilines is 2. The molecule has 6 nitrogen and oxygen atoms in total. The van der Waals surface area contributed by atoms with Gasteiger partial charge in [-0.15, -0.1) is 5.10 Å². The van der Waals surface area contributed by atoms with E-state index in [9.17, 15) is 0 Å². The average Bonchev–Trinajstić information content (AvgIpc) is 3.46. The predicted molar refractivity (Wildman–Crippen MR) is 139 cm³/mol. The van der Waals surface area contributed by atoms with Gasteiger partial charge in [-0.1, -0.05) is 36.4 Å². The molecule has 1 spiro atoms. The lowest BCUT2D eigenvalue weighted by Crippen LogP contribution is -2.38. The number of aromatic nitrogens is 2. The quantitative estimate of drug-likeness (QED) is 0.620. The van der Waals surface area contributed by atoms with Crippen molar-refractivity contribution in [3.8, 4) is 0 Å². The molecule has 0 amide bonds. The third kappa shape index (κ3) is 4.49. The van der Waals surface area contributed by atoms with Crippen LogP contribution in [0.5, 0.6) is 0 Å². The summed E-state index contributed by atoms with van der Waals surface area (Å²) in [5.41, 5.74) is 3.35. The molecule has 3 fully saturated rings. The van der Waals surface area contributed by atoms with E-state index < -0.39 is 0 Å². The lowest BCUT2D eigenvalue weighted by atomic mass is 9.86. The van der Waals surface area contributed by atoms with E-state index in [0.29, 0.717) is 11.5 Å². The standard InChI is InChI=1S/C28H36N6/c1-32-16-12-28(20-32)13-17-34(21-28)25-8-6-22(7-9-25)19-33-14-10-24(11-15-33)30-27-26-5-3-2-4-23(26)18-29-31-27/h2-9,18,24H,10-17,19-21H2,1H3,(H,30,31). The molecule has 3 aromatic rings. The number of benzene rings is 2. The number of likely N-dealkylation sites (tertiary alicyclic amines) is 2. The van der Waals surface area contributed by atoms with Crippen LogP contribution in [-0.2, 0) is 6.54 Å². The van der Waals surface area contributed by atoms with E-state index in [-0.39, 0.29) is 0 Å². The van der Waals surface area contributed by atoms with Crippen LogP contribution in [-0.4, -0.2) is 72.4 Å². The van der Waals surface area contributed by atoms with Gasteiger partial charge in [0, 0.05) is 67.2 Å². The van der Waals surface area contributed by atoms with Gasteiger partial charge >= 0.3 is 0 Å².